The van der Waals surface area contributed by atoms with E-state index in [1.54, 1.807) is 0 Å². The monoisotopic (exact) mass is 289 g/mol. The van der Waals surface area contributed by atoms with Gasteiger partial charge in [-0.3, -0.25) is 4.79 Å². The van der Waals surface area contributed by atoms with Crippen molar-refractivity contribution in [3.05, 3.63) is 0 Å². The molecule has 92 valence electrons. The smallest absolute Gasteiger partial charge is 0.319 e. The highest BCUT2D eigenvalue weighted by molar-refractivity contribution is 9.10. The van der Waals surface area contributed by atoms with Gasteiger partial charge in [-0.05, 0) is 52.7 Å². The van der Waals surface area contributed by atoms with E-state index < -0.39 is 0 Å². The molecule has 1 atom stereocenters. The summed E-state index contributed by atoms with van der Waals surface area (Å²) in [6, 6.07) is 0. The van der Waals surface area contributed by atoms with E-state index in [0.29, 0.717) is 5.92 Å². The van der Waals surface area contributed by atoms with Crippen molar-refractivity contribution < 1.29 is 9.53 Å². The number of carbonyl (C=O) groups is 1. The van der Waals surface area contributed by atoms with Crippen LogP contribution in [0, 0.1) is 5.92 Å². The minimum absolute atomic E-state index is 0.0969. The molecule has 3 nitrogen and oxygen atoms in total. The number of nitrogens with zero attached hydrogens (tertiary/aromatic N) is 1. The van der Waals surface area contributed by atoms with E-state index in [9.17, 15) is 4.79 Å². The second kappa shape index (κ2) is 4.65. The highest BCUT2D eigenvalue weighted by atomic mass is 79.9. The fraction of sp³-hybridized carbons (Fsp3) is 0.917. The summed E-state index contributed by atoms with van der Waals surface area (Å²) in [4.78, 5) is 13.8. The standard InChI is InChI=1S/C12H20BrNO2/c1-9(13)11(15)16-12(5-6-12)10-3-7-14(2)8-4-10/h9-10H,3-8H2,1-2H3. The SMILES string of the molecule is CC(Br)C(=O)OC1(C2CCN(C)CC2)CC1. The summed E-state index contributed by atoms with van der Waals surface area (Å²) in [6.07, 6.45) is 4.46. The summed E-state index contributed by atoms with van der Waals surface area (Å²) in [7, 11) is 2.16. The van der Waals surface area contributed by atoms with Crippen molar-refractivity contribution >= 4 is 21.9 Å². The fourth-order valence-electron chi connectivity index (χ4n) is 2.53. The maximum atomic E-state index is 11.6. The van der Waals surface area contributed by atoms with Gasteiger partial charge in [-0.1, -0.05) is 15.9 Å². The molecule has 0 spiro atoms. The molecule has 0 N–H and O–H groups in total. The number of esters is 1. The van der Waals surface area contributed by atoms with E-state index in [1.165, 1.54) is 12.8 Å². The molecule has 0 aromatic carbocycles. The number of ether oxygens (including phenoxy) is 1. The average molecular weight is 290 g/mol. The largest absolute Gasteiger partial charge is 0.458 e. The van der Waals surface area contributed by atoms with Crippen LogP contribution >= 0.6 is 15.9 Å². The lowest BCUT2D eigenvalue weighted by molar-refractivity contribution is -0.154. The molecule has 0 bridgehead atoms. The first-order valence-electron chi connectivity index (χ1n) is 6.09. The molecule has 1 aliphatic heterocycles. The Kier molecular flexibility index (Phi) is 3.59. The van der Waals surface area contributed by atoms with Crippen molar-refractivity contribution in [3.8, 4) is 0 Å². The molecular formula is C12H20BrNO2. The van der Waals surface area contributed by atoms with Gasteiger partial charge in [0.15, 0.2) is 0 Å². The summed E-state index contributed by atoms with van der Waals surface area (Å²) in [5, 5.41) is 0. The van der Waals surface area contributed by atoms with Crippen LogP contribution < -0.4 is 0 Å². The normalized spacial score (nSPS) is 27.4. The Balaban J connectivity index is 1.90. The fourth-order valence-corrected chi connectivity index (χ4v) is 2.63. The van der Waals surface area contributed by atoms with E-state index >= 15 is 0 Å². The summed E-state index contributed by atoms with van der Waals surface area (Å²) in [5.41, 5.74) is -0.0969. The number of carbonyl (C=O) groups excluding carboxylic acids is 1. The summed E-state index contributed by atoms with van der Waals surface area (Å²) in [6.45, 7) is 4.09. The Morgan fingerprint density at radius 1 is 1.44 bits per heavy atom. The number of likely N-dealkylation sites (tertiary alicyclic amines) is 1. The first-order chi connectivity index (χ1) is 7.53. The lowest BCUT2D eigenvalue weighted by atomic mass is 9.89. The predicted octanol–water partition coefficient (Wildman–Crippen LogP) is 2.19. The average Bonchev–Trinajstić information content (AvgIpc) is 2.99. The molecule has 2 rings (SSSR count). The lowest BCUT2D eigenvalue weighted by Crippen LogP contribution is -2.39. The number of piperidine rings is 1. The highest BCUT2D eigenvalue weighted by Gasteiger charge is 2.53. The van der Waals surface area contributed by atoms with E-state index in [1.807, 2.05) is 6.92 Å². The summed E-state index contributed by atoms with van der Waals surface area (Å²) < 4.78 is 5.68. The molecule has 4 heteroatoms. The van der Waals surface area contributed by atoms with Gasteiger partial charge >= 0.3 is 5.97 Å². The van der Waals surface area contributed by atoms with Gasteiger partial charge in [0, 0.05) is 5.92 Å². The van der Waals surface area contributed by atoms with Crippen LogP contribution in [0.3, 0.4) is 0 Å². The van der Waals surface area contributed by atoms with Gasteiger partial charge in [-0.25, -0.2) is 0 Å². The van der Waals surface area contributed by atoms with Gasteiger partial charge in [0.05, 0.1) is 0 Å². The van der Waals surface area contributed by atoms with Gasteiger partial charge in [-0.15, -0.1) is 0 Å². The zero-order valence-electron chi connectivity index (χ0n) is 10.0. The molecule has 16 heavy (non-hydrogen) atoms. The van der Waals surface area contributed by atoms with Gasteiger partial charge in [0.2, 0.25) is 0 Å². The van der Waals surface area contributed by atoms with Crippen LogP contribution in [0.5, 0.6) is 0 Å². The maximum Gasteiger partial charge on any atom is 0.319 e. The molecule has 1 aliphatic carbocycles. The van der Waals surface area contributed by atoms with Crippen LogP contribution in [0.15, 0.2) is 0 Å². The second-order valence-corrected chi connectivity index (χ2v) is 6.55. The topological polar surface area (TPSA) is 29.5 Å². The molecule has 0 aromatic heterocycles. The first kappa shape index (κ1) is 12.4. The third-order valence-corrected chi connectivity index (χ3v) is 4.21. The number of halogens is 1. The summed E-state index contributed by atoms with van der Waals surface area (Å²) >= 11 is 3.27. The van der Waals surface area contributed by atoms with Crippen LogP contribution in [0.25, 0.3) is 0 Å². The molecule has 0 aromatic rings. The Hall–Kier alpha value is -0.0900. The van der Waals surface area contributed by atoms with Crippen LogP contribution in [-0.2, 0) is 9.53 Å². The Morgan fingerprint density at radius 2 is 2.00 bits per heavy atom. The van der Waals surface area contributed by atoms with Gasteiger partial charge < -0.3 is 9.64 Å². The molecule has 0 radical (unpaired) electrons. The van der Waals surface area contributed by atoms with Crippen molar-refractivity contribution in [2.24, 2.45) is 5.92 Å². The molecular weight excluding hydrogens is 270 g/mol. The third kappa shape index (κ3) is 2.59. The Labute approximate surface area is 106 Å². The van der Waals surface area contributed by atoms with E-state index in [2.05, 4.69) is 27.9 Å². The Bertz CT molecular complexity index is 268. The molecule has 1 saturated heterocycles. The van der Waals surface area contributed by atoms with Crippen molar-refractivity contribution in [1.82, 2.24) is 4.90 Å². The van der Waals surface area contributed by atoms with Crippen LogP contribution in [-0.4, -0.2) is 41.4 Å². The van der Waals surface area contributed by atoms with Gasteiger partial charge in [0.25, 0.3) is 0 Å². The first-order valence-corrected chi connectivity index (χ1v) is 7.00. The minimum Gasteiger partial charge on any atom is -0.458 e. The molecule has 1 unspecified atom stereocenters. The number of hydrogen-bond donors (Lipinski definition) is 0. The van der Waals surface area contributed by atoms with Gasteiger partial charge in [0.1, 0.15) is 10.4 Å². The van der Waals surface area contributed by atoms with Crippen LogP contribution in [0.1, 0.15) is 32.6 Å². The predicted molar refractivity (Wildman–Crippen MR) is 66.7 cm³/mol. The third-order valence-electron chi connectivity index (χ3n) is 3.83. The molecule has 1 saturated carbocycles. The second-order valence-electron chi connectivity index (χ2n) is 5.18. The zero-order chi connectivity index (χ0) is 11.8. The number of hydrogen-bond acceptors (Lipinski definition) is 3. The highest BCUT2D eigenvalue weighted by Crippen LogP contribution is 2.50. The van der Waals surface area contributed by atoms with E-state index in [0.717, 1.165) is 25.9 Å². The lowest BCUT2D eigenvalue weighted by Gasteiger charge is -2.34. The van der Waals surface area contributed by atoms with Crippen molar-refractivity contribution in [2.75, 3.05) is 20.1 Å². The van der Waals surface area contributed by atoms with Crippen molar-refractivity contribution in [3.63, 3.8) is 0 Å². The summed E-state index contributed by atoms with van der Waals surface area (Å²) in [5.74, 6) is 0.482. The van der Waals surface area contributed by atoms with Crippen LogP contribution in [0.2, 0.25) is 0 Å². The van der Waals surface area contributed by atoms with E-state index in [-0.39, 0.29) is 16.4 Å². The van der Waals surface area contributed by atoms with Crippen molar-refractivity contribution in [1.29, 1.82) is 0 Å². The number of alkyl halides is 1. The molecule has 2 aliphatic rings. The maximum absolute atomic E-state index is 11.6. The quantitative estimate of drug-likeness (QED) is 0.589. The number of rotatable bonds is 3. The van der Waals surface area contributed by atoms with E-state index in [4.69, 9.17) is 4.74 Å². The Morgan fingerprint density at radius 3 is 2.44 bits per heavy atom. The zero-order valence-corrected chi connectivity index (χ0v) is 11.6. The van der Waals surface area contributed by atoms with Crippen LogP contribution in [0.4, 0.5) is 0 Å². The molecule has 1 heterocycles. The molecule has 0 amide bonds. The van der Waals surface area contributed by atoms with Gasteiger partial charge in [-0.2, -0.15) is 0 Å². The minimum atomic E-state index is -0.184. The molecule has 2 fully saturated rings. The van der Waals surface area contributed by atoms with Crippen molar-refractivity contribution in [2.45, 2.75) is 43.0 Å².